The number of aromatic nitrogens is 1. The first-order chi connectivity index (χ1) is 12.6. The van der Waals surface area contributed by atoms with Crippen molar-refractivity contribution in [1.29, 1.82) is 0 Å². The van der Waals surface area contributed by atoms with Crippen LogP contribution in [0, 0.1) is 11.8 Å². The third-order valence-corrected chi connectivity index (χ3v) is 4.75. The fourth-order valence-corrected chi connectivity index (χ4v) is 3.14. The van der Waals surface area contributed by atoms with E-state index >= 15 is 0 Å². The number of ether oxygens (including phenoxy) is 1. The number of carbonyl (C=O) groups excluding carboxylic acids is 3. The van der Waals surface area contributed by atoms with Crippen LogP contribution < -0.4 is 5.32 Å². The van der Waals surface area contributed by atoms with Crippen LogP contribution in [0.15, 0.2) is 24.5 Å². The third kappa shape index (κ3) is 4.30. The summed E-state index contributed by atoms with van der Waals surface area (Å²) in [6, 6.07) is 3.72. The van der Waals surface area contributed by atoms with Crippen molar-refractivity contribution in [3.63, 3.8) is 0 Å². The minimum atomic E-state index is -0.335. The first kappa shape index (κ1) is 18.2. The largest absolute Gasteiger partial charge is 0.450 e. The van der Waals surface area contributed by atoms with Gasteiger partial charge in [0.25, 0.3) is 0 Å². The van der Waals surface area contributed by atoms with Crippen molar-refractivity contribution in [2.45, 2.75) is 19.9 Å². The van der Waals surface area contributed by atoms with Crippen LogP contribution in [0.25, 0.3) is 0 Å². The second-order valence-electron chi connectivity index (χ2n) is 6.54. The third-order valence-electron chi connectivity index (χ3n) is 4.75. The summed E-state index contributed by atoms with van der Waals surface area (Å²) in [6.07, 6.45) is 3.65. The predicted molar refractivity (Wildman–Crippen MR) is 92.9 cm³/mol. The van der Waals surface area contributed by atoms with Crippen molar-refractivity contribution in [3.8, 4) is 0 Å². The van der Waals surface area contributed by atoms with Gasteiger partial charge in [0, 0.05) is 45.1 Å². The van der Waals surface area contributed by atoms with Crippen LogP contribution in [0.2, 0.25) is 0 Å². The summed E-state index contributed by atoms with van der Waals surface area (Å²) >= 11 is 0. The van der Waals surface area contributed by atoms with Gasteiger partial charge in [-0.1, -0.05) is 6.07 Å². The van der Waals surface area contributed by atoms with Crippen LogP contribution in [0.5, 0.6) is 0 Å². The lowest BCUT2D eigenvalue weighted by atomic mass is 10.2. The van der Waals surface area contributed by atoms with Gasteiger partial charge in [0.05, 0.1) is 18.4 Å². The molecule has 3 rings (SSSR count). The summed E-state index contributed by atoms with van der Waals surface area (Å²) in [5.41, 5.74) is 0.930. The molecule has 1 saturated carbocycles. The molecule has 0 spiro atoms. The lowest BCUT2D eigenvalue weighted by Gasteiger charge is -2.34. The van der Waals surface area contributed by atoms with Crippen molar-refractivity contribution >= 4 is 17.9 Å². The van der Waals surface area contributed by atoms with E-state index in [0.717, 1.165) is 5.56 Å². The smallest absolute Gasteiger partial charge is 0.409 e. The maximum atomic E-state index is 12.6. The van der Waals surface area contributed by atoms with Crippen molar-refractivity contribution in [3.05, 3.63) is 30.1 Å². The molecule has 0 radical (unpaired) electrons. The molecule has 1 N–H and O–H groups in total. The highest BCUT2D eigenvalue weighted by atomic mass is 16.6. The lowest BCUT2D eigenvalue weighted by Crippen LogP contribution is -2.51. The zero-order valence-corrected chi connectivity index (χ0v) is 14.9. The molecule has 2 heterocycles. The maximum absolute atomic E-state index is 12.6. The average Bonchev–Trinajstić information content (AvgIpc) is 3.47. The number of nitrogens with one attached hydrogen (secondary N) is 1. The number of piperazine rings is 1. The van der Waals surface area contributed by atoms with E-state index in [2.05, 4.69) is 10.3 Å². The number of pyridine rings is 1. The van der Waals surface area contributed by atoms with E-state index in [4.69, 9.17) is 4.74 Å². The molecule has 2 unspecified atom stereocenters. The molecular formula is C18H24N4O4. The van der Waals surface area contributed by atoms with Gasteiger partial charge in [-0.2, -0.15) is 0 Å². The Kier molecular flexibility index (Phi) is 5.70. The highest BCUT2D eigenvalue weighted by molar-refractivity contribution is 5.92. The van der Waals surface area contributed by atoms with E-state index in [-0.39, 0.29) is 29.7 Å². The molecule has 140 valence electrons. The SMILES string of the molecule is CCOC(=O)N1CCN(C(=O)C2CC2C(=O)NCc2cccnc2)CC1. The van der Waals surface area contributed by atoms with Crippen molar-refractivity contribution in [2.24, 2.45) is 11.8 Å². The Morgan fingerprint density at radius 2 is 1.92 bits per heavy atom. The molecule has 1 saturated heterocycles. The summed E-state index contributed by atoms with van der Waals surface area (Å²) in [5, 5.41) is 2.87. The Morgan fingerprint density at radius 3 is 2.58 bits per heavy atom. The lowest BCUT2D eigenvalue weighted by molar-refractivity contribution is -0.136. The highest BCUT2D eigenvalue weighted by Crippen LogP contribution is 2.40. The second kappa shape index (κ2) is 8.16. The standard InChI is InChI=1S/C18H24N4O4/c1-2-26-18(25)22-8-6-21(7-9-22)17(24)15-10-14(15)16(23)20-12-13-4-3-5-19-11-13/h3-5,11,14-15H,2,6-10,12H2,1H3,(H,20,23). The minimum Gasteiger partial charge on any atom is -0.450 e. The molecule has 26 heavy (non-hydrogen) atoms. The average molecular weight is 360 g/mol. The predicted octanol–water partition coefficient (Wildman–Crippen LogP) is 0.635. The summed E-state index contributed by atoms with van der Waals surface area (Å²) in [4.78, 5) is 43.8. The van der Waals surface area contributed by atoms with Crippen LogP contribution in [0.4, 0.5) is 4.79 Å². The van der Waals surface area contributed by atoms with E-state index in [1.807, 2.05) is 12.1 Å². The highest BCUT2D eigenvalue weighted by Gasteiger charge is 2.49. The van der Waals surface area contributed by atoms with Gasteiger partial charge in [0.15, 0.2) is 0 Å². The van der Waals surface area contributed by atoms with E-state index in [0.29, 0.717) is 45.8 Å². The summed E-state index contributed by atoms with van der Waals surface area (Å²) in [6.45, 7) is 4.43. The topological polar surface area (TPSA) is 91.8 Å². The van der Waals surface area contributed by atoms with Gasteiger partial charge in [0.1, 0.15) is 0 Å². The van der Waals surface area contributed by atoms with E-state index < -0.39 is 0 Å². The normalized spacial score (nSPS) is 21.9. The van der Waals surface area contributed by atoms with Gasteiger partial charge in [-0.05, 0) is 25.0 Å². The molecule has 2 fully saturated rings. The first-order valence-electron chi connectivity index (χ1n) is 8.97. The van der Waals surface area contributed by atoms with Gasteiger partial charge in [-0.3, -0.25) is 14.6 Å². The molecule has 1 aliphatic carbocycles. The molecule has 1 aromatic rings. The molecule has 8 heteroatoms. The zero-order chi connectivity index (χ0) is 18.5. The number of rotatable bonds is 5. The minimum absolute atomic E-state index is 0.00929. The van der Waals surface area contributed by atoms with Crippen LogP contribution >= 0.6 is 0 Å². The Bertz CT molecular complexity index is 658. The van der Waals surface area contributed by atoms with Crippen LogP contribution in [0.3, 0.4) is 0 Å². The number of hydrogen-bond donors (Lipinski definition) is 1. The molecule has 2 atom stereocenters. The quantitative estimate of drug-likeness (QED) is 0.832. The molecule has 0 bridgehead atoms. The number of carbonyl (C=O) groups is 3. The van der Waals surface area contributed by atoms with Gasteiger partial charge in [-0.25, -0.2) is 4.79 Å². The zero-order valence-electron chi connectivity index (χ0n) is 14.9. The van der Waals surface area contributed by atoms with Gasteiger partial charge in [0.2, 0.25) is 11.8 Å². The molecule has 1 aromatic heterocycles. The Hall–Kier alpha value is -2.64. The van der Waals surface area contributed by atoms with E-state index in [9.17, 15) is 14.4 Å². The Morgan fingerprint density at radius 1 is 1.19 bits per heavy atom. The molecule has 1 aliphatic heterocycles. The summed E-state index contributed by atoms with van der Waals surface area (Å²) < 4.78 is 4.97. The van der Waals surface area contributed by atoms with Crippen LogP contribution in [0.1, 0.15) is 18.9 Å². The molecule has 8 nitrogen and oxygen atoms in total. The Labute approximate surface area is 152 Å². The number of hydrogen-bond acceptors (Lipinski definition) is 5. The number of amides is 3. The summed E-state index contributed by atoms with van der Waals surface area (Å²) in [7, 11) is 0. The summed E-state index contributed by atoms with van der Waals surface area (Å²) in [5.74, 6) is -0.562. The van der Waals surface area contributed by atoms with Crippen molar-refractivity contribution < 1.29 is 19.1 Å². The maximum Gasteiger partial charge on any atom is 0.409 e. The van der Waals surface area contributed by atoms with Crippen LogP contribution in [-0.2, 0) is 20.9 Å². The van der Waals surface area contributed by atoms with Crippen molar-refractivity contribution in [2.75, 3.05) is 32.8 Å². The van der Waals surface area contributed by atoms with Crippen LogP contribution in [-0.4, -0.2) is 65.5 Å². The molecular weight excluding hydrogens is 336 g/mol. The van der Waals surface area contributed by atoms with Gasteiger partial charge >= 0.3 is 6.09 Å². The van der Waals surface area contributed by atoms with Crippen molar-refractivity contribution in [1.82, 2.24) is 20.1 Å². The number of nitrogens with zero attached hydrogens (tertiary/aromatic N) is 3. The van der Waals surface area contributed by atoms with E-state index in [1.54, 1.807) is 29.1 Å². The van der Waals surface area contributed by atoms with Gasteiger partial charge < -0.3 is 19.9 Å². The fraction of sp³-hybridized carbons (Fsp3) is 0.556. The molecule has 2 aliphatic rings. The monoisotopic (exact) mass is 360 g/mol. The van der Waals surface area contributed by atoms with E-state index in [1.165, 1.54) is 0 Å². The van der Waals surface area contributed by atoms with Gasteiger partial charge in [-0.15, -0.1) is 0 Å². The second-order valence-corrected chi connectivity index (χ2v) is 6.54. The molecule has 0 aromatic carbocycles. The fourth-order valence-electron chi connectivity index (χ4n) is 3.14. The first-order valence-corrected chi connectivity index (χ1v) is 8.97. The Balaban J connectivity index is 1.41. The molecule has 3 amide bonds.